The van der Waals surface area contributed by atoms with Crippen molar-refractivity contribution in [1.29, 1.82) is 0 Å². The first-order valence-electron chi connectivity index (χ1n) is 10.1. The van der Waals surface area contributed by atoms with E-state index in [0.717, 1.165) is 0 Å². The number of benzene rings is 2. The Hall–Kier alpha value is -4.48. The summed E-state index contributed by atoms with van der Waals surface area (Å²) in [7, 11) is 2.95. The van der Waals surface area contributed by atoms with Crippen LogP contribution in [0.1, 0.15) is 38.9 Å². The van der Waals surface area contributed by atoms with E-state index in [1.54, 1.807) is 41.3 Å². The quantitative estimate of drug-likeness (QED) is 0.574. The lowest BCUT2D eigenvalue weighted by atomic mass is 10.0. The second kappa shape index (κ2) is 7.89. The zero-order valence-electron chi connectivity index (χ0n) is 17.7. The molecule has 12 heteroatoms. The number of nitrogens with one attached hydrogen (secondary N) is 2. The molecule has 2 aliphatic heterocycles. The number of hydrogen-bond donors (Lipinski definition) is 2. The van der Waals surface area contributed by atoms with Gasteiger partial charge in [-0.15, -0.1) is 5.10 Å². The van der Waals surface area contributed by atoms with Crippen LogP contribution < -0.4 is 19.7 Å². The minimum Gasteiger partial charge on any atom is -0.493 e. The molecule has 0 unspecified atom stereocenters. The number of aromatic amines is 1. The molecule has 0 aliphatic carbocycles. The molecule has 3 heterocycles. The van der Waals surface area contributed by atoms with E-state index in [2.05, 4.69) is 25.9 Å². The van der Waals surface area contributed by atoms with E-state index in [9.17, 15) is 14.4 Å². The van der Waals surface area contributed by atoms with E-state index in [-0.39, 0.29) is 30.7 Å². The number of rotatable bonds is 6. The highest BCUT2D eigenvalue weighted by atomic mass is 16.5. The van der Waals surface area contributed by atoms with Gasteiger partial charge in [-0.3, -0.25) is 24.6 Å². The van der Waals surface area contributed by atoms with Gasteiger partial charge in [0.1, 0.15) is 6.17 Å². The van der Waals surface area contributed by atoms with Crippen LogP contribution in [0.3, 0.4) is 0 Å². The van der Waals surface area contributed by atoms with Gasteiger partial charge in [0.2, 0.25) is 5.91 Å². The van der Waals surface area contributed by atoms with Crippen LogP contribution in [0.15, 0.2) is 36.4 Å². The first-order chi connectivity index (χ1) is 16.0. The Morgan fingerprint density at radius 1 is 1.12 bits per heavy atom. The molecule has 1 atom stereocenters. The van der Waals surface area contributed by atoms with Crippen LogP contribution in [0, 0.1) is 0 Å². The fraction of sp³-hybridized carbons (Fsp3) is 0.238. The second-order valence-corrected chi connectivity index (χ2v) is 7.36. The Balaban J connectivity index is 1.55. The molecule has 2 aliphatic rings. The number of methoxy groups -OCH3 is 2. The van der Waals surface area contributed by atoms with Crippen LogP contribution in [0.5, 0.6) is 11.5 Å². The molecular formula is C21H19N7O5. The SMILES string of the molecule is COc1ccc2c(c1OC)C(=O)N1c3ccccc3C(=O)N(CCC(=O)Nc3nn[nH]n3)[C@@H]21. The van der Waals surface area contributed by atoms with E-state index in [1.807, 2.05) is 0 Å². The average Bonchev–Trinajstić information content (AvgIpc) is 3.44. The van der Waals surface area contributed by atoms with Crippen molar-refractivity contribution in [3.05, 3.63) is 53.1 Å². The summed E-state index contributed by atoms with van der Waals surface area (Å²) in [6.45, 7) is 0.0546. The van der Waals surface area contributed by atoms with Gasteiger partial charge in [-0.25, -0.2) is 0 Å². The molecule has 3 aromatic rings. The molecule has 2 aromatic carbocycles. The predicted molar refractivity (Wildman–Crippen MR) is 114 cm³/mol. The molecule has 1 aromatic heterocycles. The van der Waals surface area contributed by atoms with E-state index >= 15 is 0 Å². The minimum absolute atomic E-state index is 0.0372. The summed E-state index contributed by atoms with van der Waals surface area (Å²) < 4.78 is 10.9. The van der Waals surface area contributed by atoms with Crippen molar-refractivity contribution in [2.75, 3.05) is 31.0 Å². The van der Waals surface area contributed by atoms with Gasteiger partial charge in [0.15, 0.2) is 11.5 Å². The zero-order chi connectivity index (χ0) is 23.1. The van der Waals surface area contributed by atoms with Gasteiger partial charge >= 0.3 is 0 Å². The molecule has 168 valence electrons. The lowest BCUT2D eigenvalue weighted by Crippen LogP contribution is -2.49. The molecule has 12 nitrogen and oxygen atoms in total. The number of tetrazole rings is 1. The highest BCUT2D eigenvalue weighted by molar-refractivity contribution is 6.18. The molecule has 33 heavy (non-hydrogen) atoms. The number of H-pyrrole nitrogens is 1. The fourth-order valence-electron chi connectivity index (χ4n) is 4.28. The highest BCUT2D eigenvalue weighted by Gasteiger charge is 2.49. The van der Waals surface area contributed by atoms with Crippen molar-refractivity contribution < 1.29 is 23.9 Å². The molecule has 0 fully saturated rings. The van der Waals surface area contributed by atoms with Crippen LogP contribution in [0.25, 0.3) is 0 Å². The van der Waals surface area contributed by atoms with E-state index < -0.39 is 12.1 Å². The third-order valence-corrected chi connectivity index (χ3v) is 5.66. The third kappa shape index (κ3) is 3.14. The number of carbonyl (C=O) groups excluding carboxylic acids is 3. The number of aromatic nitrogens is 4. The maximum atomic E-state index is 13.6. The Morgan fingerprint density at radius 3 is 2.67 bits per heavy atom. The molecule has 0 radical (unpaired) electrons. The Kier molecular flexibility index (Phi) is 4.89. The van der Waals surface area contributed by atoms with Crippen LogP contribution in [0.4, 0.5) is 11.6 Å². The maximum absolute atomic E-state index is 13.6. The zero-order valence-corrected chi connectivity index (χ0v) is 17.7. The Morgan fingerprint density at radius 2 is 1.94 bits per heavy atom. The number of hydrogen-bond acceptors (Lipinski definition) is 8. The Labute approximate surface area is 187 Å². The van der Waals surface area contributed by atoms with Crippen LogP contribution in [-0.4, -0.2) is 64.0 Å². The van der Waals surface area contributed by atoms with Crippen molar-refractivity contribution in [3.63, 3.8) is 0 Å². The third-order valence-electron chi connectivity index (χ3n) is 5.66. The summed E-state index contributed by atoms with van der Waals surface area (Å²) in [5.41, 5.74) is 1.80. The monoisotopic (exact) mass is 449 g/mol. The maximum Gasteiger partial charge on any atom is 0.269 e. The Bertz CT molecular complexity index is 1260. The van der Waals surface area contributed by atoms with Crippen LogP contribution in [-0.2, 0) is 4.79 Å². The molecule has 0 bridgehead atoms. The van der Waals surface area contributed by atoms with Gasteiger partial charge in [0, 0.05) is 18.5 Å². The number of fused-ring (bicyclic) bond motifs is 5. The topological polar surface area (TPSA) is 143 Å². The van der Waals surface area contributed by atoms with Gasteiger partial charge in [-0.2, -0.15) is 5.21 Å². The molecule has 2 N–H and O–H groups in total. The van der Waals surface area contributed by atoms with Crippen molar-refractivity contribution in [3.8, 4) is 11.5 Å². The van der Waals surface area contributed by atoms with E-state index in [1.165, 1.54) is 19.1 Å². The van der Waals surface area contributed by atoms with Crippen molar-refractivity contribution in [2.24, 2.45) is 0 Å². The molecule has 0 saturated heterocycles. The summed E-state index contributed by atoms with van der Waals surface area (Å²) in [6, 6.07) is 10.3. The van der Waals surface area contributed by atoms with Crippen molar-refractivity contribution in [2.45, 2.75) is 12.6 Å². The first-order valence-corrected chi connectivity index (χ1v) is 10.1. The summed E-state index contributed by atoms with van der Waals surface area (Å²) >= 11 is 0. The normalized spacial score (nSPS) is 16.2. The minimum atomic E-state index is -0.729. The second-order valence-electron chi connectivity index (χ2n) is 7.36. The summed E-state index contributed by atoms with van der Waals surface area (Å²) in [5, 5.41) is 15.5. The van der Waals surface area contributed by atoms with E-state index in [0.29, 0.717) is 33.9 Å². The molecule has 5 rings (SSSR count). The van der Waals surface area contributed by atoms with Gasteiger partial charge in [-0.1, -0.05) is 23.3 Å². The highest BCUT2D eigenvalue weighted by Crippen LogP contribution is 2.49. The lowest BCUT2D eigenvalue weighted by Gasteiger charge is -2.40. The smallest absolute Gasteiger partial charge is 0.269 e. The lowest BCUT2D eigenvalue weighted by molar-refractivity contribution is -0.116. The number of carbonyl (C=O) groups is 3. The fourth-order valence-corrected chi connectivity index (χ4v) is 4.28. The van der Waals surface area contributed by atoms with Crippen LogP contribution in [0.2, 0.25) is 0 Å². The summed E-state index contributed by atoms with van der Waals surface area (Å²) in [5.74, 6) is -0.243. The van der Waals surface area contributed by atoms with Gasteiger partial charge in [-0.05, 0) is 23.4 Å². The van der Waals surface area contributed by atoms with Crippen LogP contribution >= 0.6 is 0 Å². The molecular weight excluding hydrogens is 430 g/mol. The number of anilines is 2. The number of nitrogens with zero attached hydrogens (tertiary/aromatic N) is 5. The van der Waals surface area contributed by atoms with Gasteiger partial charge in [0.05, 0.1) is 31.0 Å². The van der Waals surface area contributed by atoms with Crippen molar-refractivity contribution in [1.82, 2.24) is 25.5 Å². The van der Waals surface area contributed by atoms with Gasteiger partial charge in [0.25, 0.3) is 17.8 Å². The molecule has 0 saturated carbocycles. The van der Waals surface area contributed by atoms with Crippen molar-refractivity contribution >= 4 is 29.4 Å². The largest absolute Gasteiger partial charge is 0.493 e. The first kappa shape index (κ1) is 20.4. The molecule has 0 spiro atoms. The summed E-state index contributed by atoms with van der Waals surface area (Å²) in [4.78, 5) is 42.5. The number of amides is 3. The average molecular weight is 449 g/mol. The summed E-state index contributed by atoms with van der Waals surface area (Å²) in [6.07, 6.45) is -0.767. The number of ether oxygens (including phenoxy) is 2. The molecule has 3 amide bonds. The number of para-hydroxylation sites is 1. The van der Waals surface area contributed by atoms with E-state index in [4.69, 9.17) is 9.47 Å². The van der Waals surface area contributed by atoms with Gasteiger partial charge < -0.3 is 14.4 Å². The standard InChI is InChI=1S/C21H19N7O5/c1-32-14-8-7-12-16(17(14)33-2)20(31)28-13-6-4-3-5-11(13)19(30)27(18(12)28)10-9-15(29)22-21-23-25-26-24-21/h3-8,18H,9-10H2,1-2H3,(H2,22,23,24,25,26,29)/t18-/m1/s1. The predicted octanol–water partition coefficient (Wildman–Crippen LogP) is 1.36.